The molecule has 2 rings (SSSR count). The lowest BCUT2D eigenvalue weighted by Crippen LogP contribution is -2.53. The van der Waals surface area contributed by atoms with Crippen molar-refractivity contribution in [3.8, 4) is 0 Å². The lowest BCUT2D eigenvalue weighted by molar-refractivity contribution is -0.600. The molecule has 102 valence electrons. The summed E-state index contributed by atoms with van der Waals surface area (Å²) in [5, 5.41) is 11.7. The van der Waals surface area contributed by atoms with Gasteiger partial charge in [-0.1, -0.05) is 43.3 Å². The first-order chi connectivity index (χ1) is 9.16. The summed E-state index contributed by atoms with van der Waals surface area (Å²) in [6.07, 6.45) is 2.29. The summed E-state index contributed by atoms with van der Waals surface area (Å²) in [4.78, 5) is 11.6. The molecule has 0 amide bonds. The van der Waals surface area contributed by atoms with Crippen LogP contribution in [-0.2, 0) is 4.74 Å². The molecule has 3 atom stereocenters. The van der Waals surface area contributed by atoms with Gasteiger partial charge < -0.3 is 4.74 Å². The van der Waals surface area contributed by atoms with Gasteiger partial charge in [-0.05, 0) is 12.0 Å². The first-order valence-electron chi connectivity index (χ1n) is 6.60. The molecule has 19 heavy (non-hydrogen) atoms. The second kappa shape index (κ2) is 5.53. The van der Waals surface area contributed by atoms with Crippen LogP contribution in [-0.4, -0.2) is 17.1 Å². The predicted octanol–water partition coefficient (Wildman–Crippen LogP) is 3.38. The Morgan fingerprint density at radius 1 is 1.53 bits per heavy atom. The van der Waals surface area contributed by atoms with Gasteiger partial charge in [0.25, 0.3) is 5.54 Å². The maximum Gasteiger partial charge on any atom is 0.257 e. The highest BCUT2D eigenvalue weighted by atomic mass is 16.6. The van der Waals surface area contributed by atoms with Crippen LogP contribution in [0.1, 0.15) is 31.4 Å². The third kappa shape index (κ3) is 2.16. The molecule has 1 aromatic rings. The zero-order chi connectivity index (χ0) is 13.9. The summed E-state index contributed by atoms with van der Waals surface area (Å²) in [6, 6.07) is 9.46. The molecule has 0 aliphatic carbocycles. The lowest BCUT2D eigenvalue weighted by atomic mass is 9.72. The number of hydrogen-bond donors (Lipinski definition) is 0. The molecule has 0 bridgehead atoms. The highest BCUT2D eigenvalue weighted by molar-refractivity contribution is 5.23. The van der Waals surface area contributed by atoms with Crippen LogP contribution >= 0.6 is 0 Å². The van der Waals surface area contributed by atoms with Gasteiger partial charge in [0, 0.05) is 18.0 Å². The van der Waals surface area contributed by atoms with Crippen molar-refractivity contribution in [3.63, 3.8) is 0 Å². The minimum Gasteiger partial charge on any atom is -0.366 e. The van der Waals surface area contributed by atoms with E-state index in [9.17, 15) is 10.1 Å². The Labute approximate surface area is 113 Å². The summed E-state index contributed by atoms with van der Waals surface area (Å²) in [7, 11) is 0. The van der Waals surface area contributed by atoms with Gasteiger partial charge in [0.15, 0.2) is 6.10 Å². The Balaban J connectivity index is 2.50. The van der Waals surface area contributed by atoms with Crippen molar-refractivity contribution in [2.24, 2.45) is 5.92 Å². The second-order valence-corrected chi connectivity index (χ2v) is 4.89. The third-order valence-electron chi connectivity index (χ3n) is 4.10. The second-order valence-electron chi connectivity index (χ2n) is 4.89. The minimum absolute atomic E-state index is 0.161. The van der Waals surface area contributed by atoms with Crippen LogP contribution in [0.5, 0.6) is 0 Å². The van der Waals surface area contributed by atoms with Crippen molar-refractivity contribution in [1.82, 2.24) is 0 Å². The maximum atomic E-state index is 11.7. The molecule has 0 saturated carbocycles. The molecule has 0 radical (unpaired) electrons. The van der Waals surface area contributed by atoms with E-state index in [-0.39, 0.29) is 10.8 Å². The highest BCUT2D eigenvalue weighted by Crippen LogP contribution is 2.45. The smallest absolute Gasteiger partial charge is 0.257 e. The fraction of sp³-hybridized carbons (Fsp3) is 0.467. The Bertz CT molecular complexity index is 460. The minimum atomic E-state index is -1.11. The average Bonchev–Trinajstić information content (AvgIpc) is 2.46. The van der Waals surface area contributed by atoms with Crippen LogP contribution in [0.25, 0.3) is 0 Å². The molecule has 1 saturated heterocycles. The molecule has 4 heteroatoms. The standard InChI is InChI=1S/C15H19NO3/c1-3-13-10-11-19-14(12-8-6-5-7-9-12)15(13,4-2)16(17)18/h3,5-9,13-14H,1,4,10-11H2,2H3/t13-,14-,15+/m0/s1. The zero-order valence-electron chi connectivity index (χ0n) is 11.1. The molecule has 1 aliphatic heterocycles. The summed E-state index contributed by atoms with van der Waals surface area (Å²) in [5.41, 5.74) is -0.242. The molecular formula is C15H19NO3. The maximum absolute atomic E-state index is 11.7. The quantitative estimate of drug-likeness (QED) is 0.474. The van der Waals surface area contributed by atoms with Crippen LogP contribution in [0.4, 0.5) is 0 Å². The average molecular weight is 261 g/mol. The molecule has 4 nitrogen and oxygen atoms in total. The molecule has 1 heterocycles. The van der Waals surface area contributed by atoms with Crippen molar-refractivity contribution in [1.29, 1.82) is 0 Å². The molecule has 1 fully saturated rings. The van der Waals surface area contributed by atoms with Crippen LogP contribution in [0.2, 0.25) is 0 Å². The molecule has 1 aliphatic rings. The third-order valence-corrected chi connectivity index (χ3v) is 4.10. The zero-order valence-corrected chi connectivity index (χ0v) is 11.1. The summed E-state index contributed by atoms with van der Waals surface area (Å²) in [5.74, 6) is -0.161. The molecular weight excluding hydrogens is 242 g/mol. The van der Waals surface area contributed by atoms with Crippen molar-refractivity contribution >= 4 is 0 Å². The van der Waals surface area contributed by atoms with Gasteiger partial charge in [0.05, 0.1) is 5.92 Å². The van der Waals surface area contributed by atoms with Crippen molar-refractivity contribution in [2.45, 2.75) is 31.4 Å². The van der Waals surface area contributed by atoms with E-state index in [0.717, 1.165) is 5.56 Å². The molecule has 0 spiro atoms. The van der Waals surface area contributed by atoms with E-state index in [1.165, 1.54) is 0 Å². The monoisotopic (exact) mass is 261 g/mol. The van der Waals surface area contributed by atoms with Crippen LogP contribution in [0.15, 0.2) is 43.0 Å². The van der Waals surface area contributed by atoms with E-state index in [1.54, 1.807) is 6.08 Å². The summed E-state index contributed by atoms with van der Waals surface area (Å²) >= 11 is 0. The van der Waals surface area contributed by atoms with E-state index < -0.39 is 11.6 Å². The number of rotatable bonds is 4. The number of ether oxygens (including phenoxy) is 1. The topological polar surface area (TPSA) is 52.4 Å². The number of hydrogen-bond acceptors (Lipinski definition) is 3. The van der Waals surface area contributed by atoms with Crippen molar-refractivity contribution in [2.75, 3.05) is 6.61 Å². The molecule has 1 aromatic carbocycles. The Morgan fingerprint density at radius 3 is 2.74 bits per heavy atom. The van der Waals surface area contributed by atoms with Crippen LogP contribution in [0, 0.1) is 16.0 Å². The Kier molecular flexibility index (Phi) is 4.00. The molecule has 0 aromatic heterocycles. The first kappa shape index (κ1) is 13.7. The summed E-state index contributed by atoms with van der Waals surface area (Å²) in [6.45, 7) is 6.16. The Morgan fingerprint density at radius 2 is 2.21 bits per heavy atom. The van der Waals surface area contributed by atoms with E-state index in [1.807, 2.05) is 37.3 Å². The van der Waals surface area contributed by atoms with Crippen LogP contribution in [0.3, 0.4) is 0 Å². The van der Waals surface area contributed by atoms with Gasteiger partial charge >= 0.3 is 0 Å². The van der Waals surface area contributed by atoms with Crippen LogP contribution < -0.4 is 0 Å². The van der Waals surface area contributed by atoms with E-state index in [4.69, 9.17) is 4.74 Å². The largest absolute Gasteiger partial charge is 0.366 e. The SMILES string of the molecule is C=C[C@H]1CCO[C@@H](c2ccccc2)[C@]1(CC)[N+](=O)[O-]. The first-order valence-corrected chi connectivity index (χ1v) is 6.60. The highest BCUT2D eigenvalue weighted by Gasteiger charge is 2.57. The molecule has 0 N–H and O–H groups in total. The van der Waals surface area contributed by atoms with Gasteiger partial charge in [-0.15, -0.1) is 6.58 Å². The lowest BCUT2D eigenvalue weighted by Gasteiger charge is -2.41. The van der Waals surface area contributed by atoms with E-state index in [0.29, 0.717) is 19.4 Å². The van der Waals surface area contributed by atoms with Crippen molar-refractivity contribution < 1.29 is 9.66 Å². The number of nitro groups is 1. The van der Waals surface area contributed by atoms with E-state index in [2.05, 4.69) is 6.58 Å². The fourth-order valence-electron chi connectivity index (χ4n) is 3.04. The van der Waals surface area contributed by atoms with Gasteiger partial charge in [-0.2, -0.15) is 0 Å². The molecule has 0 unspecified atom stereocenters. The number of benzene rings is 1. The predicted molar refractivity (Wildman–Crippen MR) is 73.5 cm³/mol. The van der Waals surface area contributed by atoms with E-state index >= 15 is 0 Å². The number of nitrogens with zero attached hydrogens (tertiary/aromatic N) is 1. The van der Waals surface area contributed by atoms with Crippen molar-refractivity contribution in [3.05, 3.63) is 58.7 Å². The van der Waals surface area contributed by atoms with Gasteiger partial charge in [-0.25, -0.2) is 0 Å². The summed E-state index contributed by atoms with van der Waals surface area (Å²) < 4.78 is 5.77. The normalized spacial score (nSPS) is 30.8. The van der Waals surface area contributed by atoms with Gasteiger partial charge in [-0.3, -0.25) is 10.1 Å². The van der Waals surface area contributed by atoms with Gasteiger partial charge in [0.1, 0.15) is 0 Å². The fourth-order valence-corrected chi connectivity index (χ4v) is 3.04. The Hall–Kier alpha value is -1.68. The van der Waals surface area contributed by atoms with Gasteiger partial charge in [0.2, 0.25) is 0 Å².